The third kappa shape index (κ3) is 4.35. The van der Waals surface area contributed by atoms with Crippen molar-refractivity contribution in [3.63, 3.8) is 0 Å². The lowest BCUT2D eigenvalue weighted by atomic mass is 10.2. The number of hydrogen-bond donors (Lipinski definition) is 1. The van der Waals surface area contributed by atoms with Crippen LogP contribution in [-0.2, 0) is 4.79 Å². The Kier molecular flexibility index (Phi) is 5.32. The summed E-state index contributed by atoms with van der Waals surface area (Å²) in [6.07, 6.45) is 0. The molecule has 0 bridgehead atoms. The van der Waals surface area contributed by atoms with Gasteiger partial charge in [-0.1, -0.05) is 33.6 Å². The van der Waals surface area contributed by atoms with Gasteiger partial charge in [-0.25, -0.2) is 4.98 Å². The lowest BCUT2D eigenvalue weighted by Gasteiger charge is -2.08. The molecule has 7 heteroatoms. The monoisotopic (exact) mass is 456 g/mol. The first-order valence-corrected chi connectivity index (χ1v) is 9.59. The van der Waals surface area contributed by atoms with Gasteiger partial charge in [0.1, 0.15) is 11.3 Å². The predicted octanol–water partition coefficient (Wildman–Crippen LogP) is 5.93. The molecule has 0 spiro atoms. The van der Waals surface area contributed by atoms with Gasteiger partial charge in [0.2, 0.25) is 5.89 Å². The number of aromatic nitrogens is 1. The van der Waals surface area contributed by atoms with Crippen LogP contribution in [0.4, 0.5) is 5.69 Å². The summed E-state index contributed by atoms with van der Waals surface area (Å²) in [6.45, 7) is -0.0900. The molecule has 5 nitrogen and oxygen atoms in total. The molecule has 140 valence electrons. The van der Waals surface area contributed by atoms with E-state index in [-0.39, 0.29) is 12.5 Å². The third-order valence-corrected chi connectivity index (χ3v) is 4.69. The maximum Gasteiger partial charge on any atom is 0.262 e. The Bertz CT molecular complexity index is 1140. The first-order chi connectivity index (χ1) is 13.6. The van der Waals surface area contributed by atoms with Crippen LogP contribution >= 0.6 is 27.5 Å². The Morgan fingerprint density at radius 2 is 1.93 bits per heavy atom. The summed E-state index contributed by atoms with van der Waals surface area (Å²) in [4.78, 5) is 16.6. The smallest absolute Gasteiger partial charge is 0.262 e. The van der Waals surface area contributed by atoms with Gasteiger partial charge in [0, 0.05) is 20.7 Å². The van der Waals surface area contributed by atoms with E-state index in [2.05, 4.69) is 26.2 Å². The Morgan fingerprint density at radius 3 is 2.75 bits per heavy atom. The molecule has 0 radical (unpaired) electrons. The molecule has 0 atom stereocenters. The van der Waals surface area contributed by atoms with Gasteiger partial charge in [0.25, 0.3) is 5.91 Å². The molecule has 0 saturated heterocycles. The predicted molar refractivity (Wildman–Crippen MR) is 113 cm³/mol. The van der Waals surface area contributed by atoms with Crippen molar-refractivity contribution in [2.45, 2.75) is 0 Å². The summed E-state index contributed by atoms with van der Waals surface area (Å²) in [6, 6.07) is 19.8. The van der Waals surface area contributed by atoms with Crippen LogP contribution in [0.15, 0.2) is 75.6 Å². The fourth-order valence-corrected chi connectivity index (χ4v) is 3.06. The van der Waals surface area contributed by atoms with Crippen LogP contribution in [-0.4, -0.2) is 17.5 Å². The number of benzene rings is 3. The van der Waals surface area contributed by atoms with Crippen molar-refractivity contribution in [2.75, 3.05) is 11.9 Å². The largest absolute Gasteiger partial charge is 0.484 e. The van der Waals surface area contributed by atoms with Crippen LogP contribution in [0, 0.1) is 0 Å². The Morgan fingerprint density at radius 1 is 1.11 bits per heavy atom. The molecule has 3 aromatic carbocycles. The number of nitrogens with one attached hydrogen (secondary N) is 1. The average molecular weight is 458 g/mol. The summed E-state index contributed by atoms with van der Waals surface area (Å²) >= 11 is 9.35. The summed E-state index contributed by atoms with van der Waals surface area (Å²) in [7, 11) is 0. The minimum absolute atomic E-state index is 0.0900. The zero-order valence-corrected chi connectivity index (χ0v) is 16.8. The number of carbonyl (C=O) groups excluding carboxylic acids is 1. The van der Waals surface area contributed by atoms with E-state index in [1.807, 2.05) is 24.3 Å². The molecule has 1 heterocycles. The summed E-state index contributed by atoms with van der Waals surface area (Å²) in [5, 5.41) is 3.41. The van der Waals surface area contributed by atoms with E-state index in [0.29, 0.717) is 33.4 Å². The van der Waals surface area contributed by atoms with Crippen LogP contribution < -0.4 is 10.1 Å². The van der Waals surface area contributed by atoms with Crippen LogP contribution in [0.3, 0.4) is 0 Å². The second-order valence-electron chi connectivity index (χ2n) is 6.00. The molecule has 0 aliphatic carbocycles. The van der Waals surface area contributed by atoms with Crippen molar-refractivity contribution in [3.05, 3.63) is 76.2 Å². The van der Waals surface area contributed by atoms with Crippen molar-refractivity contribution in [1.82, 2.24) is 4.98 Å². The Balaban J connectivity index is 1.45. The molecule has 1 aromatic heterocycles. The van der Waals surface area contributed by atoms with Crippen molar-refractivity contribution >= 4 is 50.2 Å². The number of halogens is 2. The number of oxazole rings is 1. The summed E-state index contributed by atoms with van der Waals surface area (Å²) < 4.78 is 12.2. The van der Waals surface area contributed by atoms with E-state index in [0.717, 1.165) is 10.0 Å². The first-order valence-electron chi connectivity index (χ1n) is 8.41. The molecule has 0 aliphatic rings. The highest BCUT2D eigenvalue weighted by Crippen LogP contribution is 2.27. The summed E-state index contributed by atoms with van der Waals surface area (Å²) in [5.74, 6) is 0.820. The first kappa shape index (κ1) is 18.5. The third-order valence-electron chi connectivity index (χ3n) is 3.93. The van der Waals surface area contributed by atoms with Gasteiger partial charge in [-0.15, -0.1) is 0 Å². The molecule has 0 saturated carbocycles. The highest BCUT2D eigenvalue weighted by molar-refractivity contribution is 9.10. The van der Waals surface area contributed by atoms with E-state index in [4.69, 9.17) is 20.8 Å². The maximum absolute atomic E-state index is 12.2. The molecule has 4 aromatic rings. The number of nitrogens with zero attached hydrogens (tertiary/aromatic N) is 1. The zero-order chi connectivity index (χ0) is 19.5. The van der Waals surface area contributed by atoms with Gasteiger partial charge < -0.3 is 14.5 Å². The quantitative estimate of drug-likeness (QED) is 0.403. The second-order valence-corrected chi connectivity index (χ2v) is 7.35. The average Bonchev–Trinajstić information content (AvgIpc) is 3.11. The van der Waals surface area contributed by atoms with E-state index >= 15 is 0 Å². The van der Waals surface area contributed by atoms with Gasteiger partial charge in [0.05, 0.1) is 0 Å². The van der Waals surface area contributed by atoms with Crippen LogP contribution in [0.5, 0.6) is 5.75 Å². The molecule has 1 amide bonds. The van der Waals surface area contributed by atoms with E-state index in [9.17, 15) is 4.79 Å². The van der Waals surface area contributed by atoms with E-state index in [1.165, 1.54) is 0 Å². The molecular formula is C21H14BrClN2O3. The number of carbonyl (C=O) groups is 1. The molecule has 0 aliphatic heterocycles. The number of anilines is 1. The lowest BCUT2D eigenvalue weighted by Crippen LogP contribution is -2.20. The van der Waals surface area contributed by atoms with E-state index in [1.54, 1.807) is 42.5 Å². The standard InChI is InChI=1S/C21H14BrClN2O3/c22-14-4-7-17(8-5-14)27-12-20(26)24-16-3-1-2-13(10-16)21-25-18-11-15(23)6-9-19(18)28-21/h1-11H,12H2,(H,24,26). The molecule has 1 N–H and O–H groups in total. The van der Waals surface area contributed by atoms with Gasteiger partial charge in [-0.05, 0) is 60.7 Å². The fraction of sp³-hybridized carbons (Fsp3) is 0.0476. The number of fused-ring (bicyclic) bond motifs is 1. The molecule has 4 rings (SSSR count). The minimum Gasteiger partial charge on any atom is -0.484 e. The maximum atomic E-state index is 12.2. The molecule has 28 heavy (non-hydrogen) atoms. The molecule has 0 unspecified atom stereocenters. The Hall–Kier alpha value is -2.83. The number of rotatable bonds is 5. The van der Waals surface area contributed by atoms with Crippen LogP contribution in [0.2, 0.25) is 5.02 Å². The minimum atomic E-state index is -0.260. The van der Waals surface area contributed by atoms with Crippen molar-refractivity contribution < 1.29 is 13.9 Å². The van der Waals surface area contributed by atoms with Gasteiger partial charge in [-0.2, -0.15) is 0 Å². The van der Waals surface area contributed by atoms with Gasteiger partial charge >= 0.3 is 0 Å². The van der Waals surface area contributed by atoms with Crippen molar-refractivity contribution in [2.24, 2.45) is 0 Å². The normalized spacial score (nSPS) is 10.8. The van der Waals surface area contributed by atoms with Crippen LogP contribution in [0.25, 0.3) is 22.6 Å². The second kappa shape index (κ2) is 8.04. The molecule has 0 fully saturated rings. The highest BCUT2D eigenvalue weighted by atomic mass is 79.9. The fourth-order valence-electron chi connectivity index (χ4n) is 2.63. The number of ether oxygens (including phenoxy) is 1. The van der Waals surface area contributed by atoms with Crippen LogP contribution in [0.1, 0.15) is 0 Å². The lowest BCUT2D eigenvalue weighted by molar-refractivity contribution is -0.118. The topological polar surface area (TPSA) is 64.4 Å². The van der Waals surface area contributed by atoms with Crippen molar-refractivity contribution in [1.29, 1.82) is 0 Å². The van der Waals surface area contributed by atoms with Crippen molar-refractivity contribution in [3.8, 4) is 17.2 Å². The number of hydrogen-bond acceptors (Lipinski definition) is 4. The highest BCUT2D eigenvalue weighted by Gasteiger charge is 2.10. The zero-order valence-electron chi connectivity index (χ0n) is 14.5. The molecular weight excluding hydrogens is 444 g/mol. The van der Waals surface area contributed by atoms with E-state index < -0.39 is 0 Å². The number of amides is 1. The SMILES string of the molecule is O=C(COc1ccc(Br)cc1)Nc1cccc(-c2nc3cc(Cl)ccc3o2)c1. The summed E-state index contributed by atoms with van der Waals surface area (Å²) in [5.41, 5.74) is 2.71. The van der Waals surface area contributed by atoms with Gasteiger partial charge in [0.15, 0.2) is 12.2 Å². The Labute approximate surface area is 174 Å². The van der Waals surface area contributed by atoms with Gasteiger partial charge in [-0.3, -0.25) is 4.79 Å².